The van der Waals surface area contributed by atoms with Crippen molar-refractivity contribution in [1.29, 1.82) is 0 Å². The number of non-ortho nitro benzene ring substituents is 1. The maximum absolute atomic E-state index is 12.1. The zero-order valence-corrected chi connectivity index (χ0v) is 13.1. The zero-order valence-electron chi connectivity index (χ0n) is 13.1. The predicted octanol–water partition coefficient (Wildman–Crippen LogP) is 3.06. The number of imide groups is 1. The monoisotopic (exact) mass is 339 g/mol. The summed E-state index contributed by atoms with van der Waals surface area (Å²) in [5, 5.41) is 10.9. The van der Waals surface area contributed by atoms with Crippen LogP contribution in [0.5, 0.6) is 0 Å². The fourth-order valence-electron chi connectivity index (χ4n) is 2.46. The molecular weight excluding hydrogens is 326 g/mol. The third-order valence-electron chi connectivity index (χ3n) is 3.69. The van der Waals surface area contributed by atoms with Crippen LogP contribution in [0.15, 0.2) is 58.2 Å². The van der Waals surface area contributed by atoms with Crippen LogP contribution in [0.1, 0.15) is 12.7 Å². The number of nitrogens with two attached hydrogens (primary N) is 1. The first-order chi connectivity index (χ1) is 11.9. The first-order valence-electron chi connectivity index (χ1n) is 7.25. The normalized spacial score (nSPS) is 15.6. The number of primary amides is 1. The maximum atomic E-state index is 12.1. The number of nitro groups is 1. The van der Waals surface area contributed by atoms with Crippen LogP contribution in [0.25, 0.3) is 17.4 Å². The predicted molar refractivity (Wildman–Crippen MR) is 89.0 cm³/mol. The van der Waals surface area contributed by atoms with Crippen molar-refractivity contribution in [2.24, 2.45) is 5.73 Å². The molecule has 2 N–H and O–H groups in total. The van der Waals surface area contributed by atoms with E-state index in [2.05, 4.69) is 0 Å². The van der Waals surface area contributed by atoms with Crippen molar-refractivity contribution in [3.05, 3.63) is 69.6 Å². The number of rotatable bonds is 3. The number of hydrogen-bond donors (Lipinski definition) is 1. The second-order valence-electron chi connectivity index (χ2n) is 5.39. The number of nitrogens with zero attached hydrogens (tertiary/aromatic N) is 2. The molecule has 0 fully saturated rings. The third-order valence-corrected chi connectivity index (χ3v) is 3.69. The molecule has 0 saturated carbocycles. The Kier molecular flexibility index (Phi) is 3.94. The molecule has 0 atom stereocenters. The number of urea groups is 1. The van der Waals surface area contributed by atoms with Gasteiger partial charge in [-0.25, -0.2) is 9.69 Å². The molecule has 0 bridgehead atoms. The molecule has 3 rings (SSSR count). The van der Waals surface area contributed by atoms with Crippen molar-refractivity contribution in [2.75, 3.05) is 0 Å². The summed E-state index contributed by atoms with van der Waals surface area (Å²) in [4.78, 5) is 34.5. The van der Waals surface area contributed by atoms with E-state index >= 15 is 0 Å². The summed E-state index contributed by atoms with van der Waals surface area (Å²) in [7, 11) is 0. The van der Waals surface area contributed by atoms with E-state index in [1.807, 2.05) is 0 Å². The van der Waals surface area contributed by atoms with E-state index in [1.165, 1.54) is 24.4 Å². The van der Waals surface area contributed by atoms with Gasteiger partial charge in [0.1, 0.15) is 11.5 Å². The second-order valence-corrected chi connectivity index (χ2v) is 5.39. The highest BCUT2D eigenvalue weighted by Gasteiger charge is 2.29. The first kappa shape index (κ1) is 16.2. The smallest absolute Gasteiger partial charge is 0.325 e. The summed E-state index contributed by atoms with van der Waals surface area (Å²) < 4.78 is 5.65. The van der Waals surface area contributed by atoms with Crippen LogP contribution in [0, 0.1) is 10.1 Å². The molecule has 0 spiro atoms. The molecule has 1 aromatic heterocycles. The van der Waals surface area contributed by atoms with Crippen molar-refractivity contribution >= 4 is 23.7 Å². The first-order valence-corrected chi connectivity index (χ1v) is 7.25. The van der Waals surface area contributed by atoms with E-state index in [4.69, 9.17) is 10.2 Å². The molecule has 0 aliphatic carbocycles. The Morgan fingerprint density at radius 3 is 2.72 bits per heavy atom. The van der Waals surface area contributed by atoms with Gasteiger partial charge in [0.2, 0.25) is 0 Å². The van der Waals surface area contributed by atoms with Crippen molar-refractivity contribution in [3.63, 3.8) is 0 Å². The number of nitro benzene ring substituents is 1. The quantitative estimate of drug-likeness (QED) is 0.523. The molecule has 0 saturated heterocycles. The average Bonchev–Trinajstić information content (AvgIpc) is 3.15. The molecule has 8 nitrogen and oxygen atoms in total. The Morgan fingerprint density at radius 1 is 1.32 bits per heavy atom. The number of furan rings is 1. The molecule has 8 heteroatoms. The molecule has 126 valence electrons. The number of hydrogen-bond acceptors (Lipinski definition) is 5. The minimum absolute atomic E-state index is 0.0457. The Bertz CT molecular complexity index is 955. The molecule has 2 heterocycles. The minimum Gasteiger partial charge on any atom is -0.457 e. The van der Waals surface area contributed by atoms with Crippen LogP contribution in [-0.4, -0.2) is 21.8 Å². The molecule has 1 aliphatic heterocycles. The van der Waals surface area contributed by atoms with Gasteiger partial charge in [0.05, 0.1) is 4.92 Å². The minimum atomic E-state index is -0.857. The van der Waals surface area contributed by atoms with Crippen molar-refractivity contribution in [2.45, 2.75) is 6.92 Å². The van der Waals surface area contributed by atoms with Crippen LogP contribution >= 0.6 is 0 Å². The molecule has 2 aromatic rings. The third kappa shape index (κ3) is 3.05. The van der Waals surface area contributed by atoms with Crippen LogP contribution in [0.2, 0.25) is 0 Å². The molecule has 25 heavy (non-hydrogen) atoms. The van der Waals surface area contributed by atoms with Gasteiger partial charge in [0, 0.05) is 29.5 Å². The highest BCUT2D eigenvalue weighted by Crippen LogP contribution is 2.29. The van der Waals surface area contributed by atoms with Gasteiger partial charge in [-0.15, -0.1) is 0 Å². The summed E-state index contributed by atoms with van der Waals surface area (Å²) in [6.07, 6.45) is 2.86. The lowest BCUT2D eigenvalue weighted by Crippen LogP contribution is -2.33. The highest BCUT2D eigenvalue weighted by molar-refractivity contribution is 6.12. The van der Waals surface area contributed by atoms with Gasteiger partial charge in [-0.1, -0.05) is 12.1 Å². The van der Waals surface area contributed by atoms with E-state index in [0.29, 0.717) is 28.2 Å². The summed E-state index contributed by atoms with van der Waals surface area (Å²) in [5.74, 6) is 0.275. The van der Waals surface area contributed by atoms with E-state index in [9.17, 15) is 19.7 Å². The van der Waals surface area contributed by atoms with Crippen LogP contribution in [0.4, 0.5) is 10.5 Å². The van der Waals surface area contributed by atoms with Gasteiger partial charge in [-0.2, -0.15) is 0 Å². The summed E-state index contributed by atoms with van der Waals surface area (Å²) in [5.41, 5.74) is 6.51. The van der Waals surface area contributed by atoms with Crippen molar-refractivity contribution < 1.29 is 18.9 Å². The topological polar surface area (TPSA) is 120 Å². The molecule has 0 radical (unpaired) electrons. The van der Waals surface area contributed by atoms with Gasteiger partial charge in [-0.05, 0) is 30.7 Å². The van der Waals surface area contributed by atoms with Gasteiger partial charge in [0.15, 0.2) is 0 Å². The van der Waals surface area contributed by atoms with Crippen molar-refractivity contribution in [1.82, 2.24) is 4.90 Å². The fraction of sp³-hybridized carbons (Fsp3) is 0.0588. The van der Waals surface area contributed by atoms with Crippen LogP contribution in [0.3, 0.4) is 0 Å². The Labute approximate surface area is 142 Å². The number of carbonyl (C=O) groups is 2. The summed E-state index contributed by atoms with van der Waals surface area (Å²) in [6, 6.07) is 8.46. The Hall–Kier alpha value is -3.68. The summed E-state index contributed by atoms with van der Waals surface area (Å²) in [6.45, 7) is 1.68. The highest BCUT2D eigenvalue weighted by atomic mass is 16.6. The fourth-order valence-corrected chi connectivity index (χ4v) is 2.46. The van der Waals surface area contributed by atoms with Gasteiger partial charge in [-0.3, -0.25) is 14.9 Å². The van der Waals surface area contributed by atoms with E-state index in [-0.39, 0.29) is 5.69 Å². The lowest BCUT2D eigenvalue weighted by atomic mass is 10.1. The lowest BCUT2D eigenvalue weighted by Gasteiger charge is -2.06. The zero-order chi connectivity index (χ0) is 18.1. The molecule has 1 aromatic carbocycles. The summed E-state index contributed by atoms with van der Waals surface area (Å²) >= 11 is 0. The Morgan fingerprint density at radius 2 is 2.08 bits per heavy atom. The number of amides is 3. The second kappa shape index (κ2) is 6.08. The molecule has 0 unspecified atom stereocenters. The molecule has 1 aliphatic rings. The standard InChI is InChI=1S/C17H13N3O5/c1-10-9-19(17(18)22)16(21)14(10)8-13-5-6-15(25-13)11-3-2-4-12(7-11)20(23)24/h2-9H,1H3,(H2,18,22). The van der Waals surface area contributed by atoms with Gasteiger partial charge in [0.25, 0.3) is 11.6 Å². The number of benzene rings is 1. The molecular formula is C17H13N3O5. The van der Waals surface area contributed by atoms with E-state index in [0.717, 1.165) is 4.90 Å². The maximum Gasteiger partial charge on any atom is 0.325 e. The van der Waals surface area contributed by atoms with Crippen LogP contribution in [-0.2, 0) is 4.79 Å². The largest absolute Gasteiger partial charge is 0.457 e. The van der Waals surface area contributed by atoms with E-state index in [1.54, 1.807) is 31.2 Å². The SMILES string of the molecule is CC1=CN(C(N)=O)C(=O)C1=Cc1ccc(-c2cccc([N+](=O)[O-])c2)o1. The molecule has 3 amide bonds. The van der Waals surface area contributed by atoms with Crippen molar-refractivity contribution in [3.8, 4) is 11.3 Å². The Balaban J connectivity index is 1.91. The van der Waals surface area contributed by atoms with Gasteiger partial charge >= 0.3 is 6.03 Å². The average molecular weight is 339 g/mol. The lowest BCUT2D eigenvalue weighted by molar-refractivity contribution is -0.384. The van der Waals surface area contributed by atoms with Crippen LogP contribution < -0.4 is 5.73 Å². The van der Waals surface area contributed by atoms with Gasteiger partial charge < -0.3 is 10.2 Å². The number of carbonyl (C=O) groups excluding carboxylic acids is 2. The van der Waals surface area contributed by atoms with E-state index < -0.39 is 16.9 Å².